The number of halogens is 2. The Hall–Kier alpha value is -0.410. The molecule has 0 saturated carbocycles. The van der Waals surface area contributed by atoms with E-state index < -0.39 is 6.10 Å². The van der Waals surface area contributed by atoms with Gasteiger partial charge in [0, 0.05) is 0 Å². The van der Waals surface area contributed by atoms with Gasteiger partial charge in [0.25, 0.3) is 0 Å². The predicted molar refractivity (Wildman–Crippen MR) is 63.2 cm³/mol. The fourth-order valence-corrected chi connectivity index (χ4v) is 1.87. The molecule has 1 N–H and O–H groups in total. The maximum absolute atomic E-state index is 12.9. The number of hydrogen-bond donors (Lipinski definition) is 1. The molecule has 0 amide bonds. The maximum atomic E-state index is 12.9. The topological polar surface area (TPSA) is 20.2 Å². The second-order valence-electron chi connectivity index (χ2n) is 3.69. The summed E-state index contributed by atoms with van der Waals surface area (Å²) in [6.45, 7) is 2.13. The largest absolute Gasteiger partial charge is 0.388 e. The Labute approximate surface area is 98.4 Å². The Morgan fingerprint density at radius 2 is 2.13 bits per heavy atom. The minimum absolute atomic E-state index is 0.292. The van der Waals surface area contributed by atoms with Crippen LogP contribution in [-0.4, -0.2) is 5.11 Å². The molecule has 1 aromatic carbocycles. The summed E-state index contributed by atoms with van der Waals surface area (Å²) in [6, 6.07) is 4.66. The molecule has 3 heteroatoms. The van der Waals surface area contributed by atoms with E-state index in [0.29, 0.717) is 4.47 Å². The van der Waals surface area contributed by atoms with Crippen molar-refractivity contribution < 1.29 is 9.50 Å². The third-order valence-corrected chi connectivity index (χ3v) is 3.02. The lowest BCUT2D eigenvalue weighted by Crippen LogP contribution is -1.97. The minimum Gasteiger partial charge on any atom is -0.388 e. The zero-order chi connectivity index (χ0) is 11.3. The molecule has 0 aliphatic carbocycles. The highest BCUT2D eigenvalue weighted by atomic mass is 79.9. The fraction of sp³-hybridized carbons (Fsp3) is 0.500. The van der Waals surface area contributed by atoms with Crippen LogP contribution in [0.4, 0.5) is 4.39 Å². The first-order valence-corrected chi connectivity index (χ1v) is 6.07. The highest BCUT2D eigenvalue weighted by Gasteiger charge is 2.09. The fourth-order valence-electron chi connectivity index (χ4n) is 1.47. The van der Waals surface area contributed by atoms with Crippen molar-refractivity contribution in [3.05, 3.63) is 34.1 Å². The van der Waals surface area contributed by atoms with Crippen LogP contribution in [0.2, 0.25) is 0 Å². The molecule has 0 spiro atoms. The summed E-state index contributed by atoms with van der Waals surface area (Å²) in [5, 5.41) is 9.82. The molecule has 0 fully saturated rings. The Balaban J connectivity index is 2.57. The van der Waals surface area contributed by atoms with E-state index in [2.05, 4.69) is 22.9 Å². The second-order valence-corrected chi connectivity index (χ2v) is 4.54. The smallest absolute Gasteiger partial charge is 0.137 e. The van der Waals surface area contributed by atoms with Crippen LogP contribution < -0.4 is 0 Å². The molecule has 0 radical (unpaired) electrons. The Morgan fingerprint density at radius 1 is 1.40 bits per heavy atom. The van der Waals surface area contributed by atoms with E-state index in [1.54, 1.807) is 12.1 Å². The lowest BCUT2D eigenvalue weighted by atomic mass is 10.0. The standard InChI is InChI=1S/C12H16BrFO/c1-2-3-4-5-12(15)9-6-7-11(14)10(13)8-9/h6-8,12,15H,2-5H2,1H3. The van der Waals surface area contributed by atoms with Crippen molar-refractivity contribution in [1.29, 1.82) is 0 Å². The first-order valence-electron chi connectivity index (χ1n) is 5.28. The first kappa shape index (κ1) is 12.7. The number of aliphatic hydroxyl groups is 1. The highest BCUT2D eigenvalue weighted by molar-refractivity contribution is 9.10. The van der Waals surface area contributed by atoms with Crippen molar-refractivity contribution in [2.75, 3.05) is 0 Å². The Bertz CT molecular complexity index is 314. The summed E-state index contributed by atoms with van der Waals surface area (Å²) < 4.78 is 13.4. The molecule has 1 atom stereocenters. The van der Waals surface area contributed by atoms with Gasteiger partial charge in [-0.3, -0.25) is 0 Å². The van der Waals surface area contributed by atoms with Crippen LogP contribution in [-0.2, 0) is 0 Å². The molecule has 84 valence electrons. The summed E-state index contributed by atoms with van der Waals surface area (Å²) in [5.41, 5.74) is 0.777. The van der Waals surface area contributed by atoms with Crippen LogP contribution in [0.3, 0.4) is 0 Å². The van der Waals surface area contributed by atoms with Gasteiger partial charge in [-0.1, -0.05) is 32.3 Å². The third kappa shape index (κ3) is 3.92. The lowest BCUT2D eigenvalue weighted by molar-refractivity contribution is 0.163. The van der Waals surface area contributed by atoms with Gasteiger partial charge in [0.2, 0.25) is 0 Å². The molecule has 15 heavy (non-hydrogen) atoms. The molecule has 0 bridgehead atoms. The number of rotatable bonds is 5. The van der Waals surface area contributed by atoms with Gasteiger partial charge >= 0.3 is 0 Å². The monoisotopic (exact) mass is 274 g/mol. The van der Waals surface area contributed by atoms with Gasteiger partial charge in [0.1, 0.15) is 5.82 Å². The number of aliphatic hydroxyl groups excluding tert-OH is 1. The number of unbranched alkanes of at least 4 members (excludes halogenated alkanes) is 2. The van der Waals surface area contributed by atoms with Gasteiger partial charge < -0.3 is 5.11 Å². The number of benzene rings is 1. The molecule has 0 aromatic heterocycles. The molecular weight excluding hydrogens is 259 g/mol. The van der Waals surface area contributed by atoms with Crippen molar-refractivity contribution in [2.45, 2.75) is 38.7 Å². The molecule has 0 saturated heterocycles. The molecule has 1 unspecified atom stereocenters. The van der Waals surface area contributed by atoms with Gasteiger partial charge in [-0.25, -0.2) is 4.39 Å². The van der Waals surface area contributed by atoms with Crippen molar-refractivity contribution in [2.24, 2.45) is 0 Å². The van der Waals surface area contributed by atoms with E-state index in [-0.39, 0.29) is 5.82 Å². The Kier molecular flexibility index (Phi) is 5.26. The Morgan fingerprint density at radius 3 is 2.73 bits per heavy atom. The van der Waals surface area contributed by atoms with E-state index in [1.807, 2.05) is 0 Å². The van der Waals surface area contributed by atoms with Crippen molar-refractivity contribution >= 4 is 15.9 Å². The van der Waals surface area contributed by atoms with Gasteiger partial charge in [-0.15, -0.1) is 0 Å². The van der Waals surface area contributed by atoms with Crippen LogP contribution in [0.5, 0.6) is 0 Å². The minimum atomic E-state index is -0.478. The maximum Gasteiger partial charge on any atom is 0.137 e. The quantitative estimate of drug-likeness (QED) is 0.798. The predicted octanol–water partition coefficient (Wildman–Crippen LogP) is 4.20. The van der Waals surface area contributed by atoms with Crippen LogP contribution in [0.15, 0.2) is 22.7 Å². The van der Waals surface area contributed by atoms with Gasteiger partial charge in [0.15, 0.2) is 0 Å². The zero-order valence-electron chi connectivity index (χ0n) is 8.84. The van der Waals surface area contributed by atoms with Gasteiger partial charge in [-0.2, -0.15) is 0 Å². The van der Waals surface area contributed by atoms with E-state index in [1.165, 1.54) is 6.07 Å². The first-order chi connectivity index (χ1) is 7.15. The normalized spacial score (nSPS) is 12.8. The van der Waals surface area contributed by atoms with Crippen molar-refractivity contribution in [1.82, 2.24) is 0 Å². The molecule has 1 rings (SSSR count). The summed E-state index contributed by atoms with van der Waals surface area (Å²) in [4.78, 5) is 0. The van der Waals surface area contributed by atoms with Crippen LogP contribution >= 0.6 is 15.9 Å². The van der Waals surface area contributed by atoms with Crippen molar-refractivity contribution in [3.8, 4) is 0 Å². The molecule has 0 heterocycles. The second kappa shape index (κ2) is 6.23. The van der Waals surface area contributed by atoms with E-state index in [9.17, 15) is 9.50 Å². The summed E-state index contributed by atoms with van der Waals surface area (Å²) in [7, 11) is 0. The van der Waals surface area contributed by atoms with Crippen LogP contribution in [0.25, 0.3) is 0 Å². The van der Waals surface area contributed by atoms with Crippen LogP contribution in [0, 0.1) is 5.82 Å². The van der Waals surface area contributed by atoms with Crippen LogP contribution in [0.1, 0.15) is 44.3 Å². The molecule has 1 aromatic rings. The highest BCUT2D eigenvalue weighted by Crippen LogP contribution is 2.24. The molecule has 0 aliphatic rings. The summed E-state index contributed by atoms with van der Waals surface area (Å²) in [6.07, 6.45) is 3.53. The zero-order valence-corrected chi connectivity index (χ0v) is 10.4. The average Bonchev–Trinajstić information content (AvgIpc) is 2.22. The third-order valence-electron chi connectivity index (χ3n) is 2.41. The molecular formula is C12H16BrFO. The summed E-state index contributed by atoms with van der Waals surface area (Å²) >= 11 is 3.11. The van der Waals surface area contributed by atoms with Gasteiger partial charge in [-0.05, 0) is 40.0 Å². The summed E-state index contributed by atoms with van der Waals surface area (Å²) in [5.74, 6) is -0.292. The number of hydrogen-bond acceptors (Lipinski definition) is 1. The molecule has 0 aliphatic heterocycles. The van der Waals surface area contributed by atoms with E-state index in [4.69, 9.17) is 0 Å². The lowest BCUT2D eigenvalue weighted by Gasteiger charge is -2.11. The van der Waals surface area contributed by atoms with E-state index >= 15 is 0 Å². The average molecular weight is 275 g/mol. The van der Waals surface area contributed by atoms with Gasteiger partial charge in [0.05, 0.1) is 10.6 Å². The molecule has 1 nitrogen and oxygen atoms in total. The van der Waals surface area contributed by atoms with E-state index in [0.717, 1.165) is 31.2 Å². The van der Waals surface area contributed by atoms with Crippen molar-refractivity contribution in [3.63, 3.8) is 0 Å². The SMILES string of the molecule is CCCCCC(O)c1ccc(F)c(Br)c1.